The van der Waals surface area contributed by atoms with Crippen LogP contribution in [-0.4, -0.2) is 10.9 Å². The van der Waals surface area contributed by atoms with Crippen LogP contribution in [0, 0.1) is 0 Å². The van der Waals surface area contributed by atoms with Gasteiger partial charge in [-0.05, 0) is 65.0 Å². The zero-order valence-corrected chi connectivity index (χ0v) is 14.8. The molecule has 0 atom stereocenters. The van der Waals surface area contributed by atoms with Gasteiger partial charge < -0.3 is 5.32 Å². The van der Waals surface area contributed by atoms with Crippen molar-refractivity contribution in [2.75, 3.05) is 5.32 Å². The molecule has 1 aromatic heterocycles. The summed E-state index contributed by atoms with van der Waals surface area (Å²) in [5, 5.41) is 9.22. The third-order valence-corrected chi connectivity index (χ3v) is 4.53. The molecular formula is C19H16ClN3OS. The molecule has 0 aliphatic heterocycles. The summed E-state index contributed by atoms with van der Waals surface area (Å²) in [5.74, 6) is -0.132. The lowest BCUT2D eigenvalue weighted by molar-refractivity contribution is -0.115. The quantitative estimate of drug-likeness (QED) is 0.647. The van der Waals surface area contributed by atoms with Crippen molar-refractivity contribution in [1.82, 2.24) is 4.98 Å². The number of pyridine rings is 1. The molecule has 4 nitrogen and oxygen atoms in total. The van der Waals surface area contributed by atoms with E-state index in [4.69, 9.17) is 16.7 Å². The average Bonchev–Trinajstić information content (AvgIpc) is 2.64. The van der Waals surface area contributed by atoms with Gasteiger partial charge in [-0.1, -0.05) is 29.8 Å². The number of halogens is 1. The molecule has 0 saturated heterocycles. The van der Waals surface area contributed by atoms with Gasteiger partial charge in [0.2, 0.25) is 5.91 Å². The van der Waals surface area contributed by atoms with Gasteiger partial charge in [0.25, 0.3) is 0 Å². The molecule has 2 aromatic carbocycles. The highest BCUT2D eigenvalue weighted by molar-refractivity contribution is 7.97. The Labute approximate surface area is 155 Å². The lowest BCUT2D eigenvalue weighted by atomic mass is 10.1. The summed E-state index contributed by atoms with van der Waals surface area (Å²) >= 11 is 7.26. The zero-order valence-electron chi connectivity index (χ0n) is 13.3. The highest BCUT2D eigenvalue weighted by atomic mass is 35.5. The van der Waals surface area contributed by atoms with E-state index in [1.54, 1.807) is 18.5 Å². The summed E-state index contributed by atoms with van der Waals surface area (Å²) < 4.78 is 0. The molecule has 0 spiro atoms. The minimum Gasteiger partial charge on any atom is -0.326 e. The third-order valence-electron chi connectivity index (χ3n) is 3.65. The van der Waals surface area contributed by atoms with Crippen LogP contribution < -0.4 is 10.5 Å². The molecule has 0 aliphatic rings. The zero-order chi connectivity index (χ0) is 17.6. The van der Waals surface area contributed by atoms with Crippen molar-refractivity contribution in [3.05, 3.63) is 77.6 Å². The molecule has 0 fully saturated rings. The topological polar surface area (TPSA) is 68.0 Å². The lowest BCUT2D eigenvalue weighted by Crippen LogP contribution is -2.14. The van der Waals surface area contributed by atoms with Crippen molar-refractivity contribution in [3.63, 3.8) is 0 Å². The van der Waals surface area contributed by atoms with E-state index in [9.17, 15) is 4.79 Å². The smallest absolute Gasteiger partial charge is 0.228 e. The predicted octanol–water partition coefficient (Wildman–Crippen LogP) is 4.55. The van der Waals surface area contributed by atoms with Crippen LogP contribution in [-0.2, 0) is 11.2 Å². The molecule has 3 aromatic rings. The van der Waals surface area contributed by atoms with Crippen molar-refractivity contribution < 1.29 is 4.79 Å². The monoisotopic (exact) mass is 369 g/mol. The summed E-state index contributed by atoms with van der Waals surface area (Å²) in [7, 11) is 0. The van der Waals surface area contributed by atoms with E-state index < -0.39 is 0 Å². The minimum atomic E-state index is -0.132. The van der Waals surface area contributed by atoms with Crippen LogP contribution >= 0.6 is 23.5 Å². The maximum absolute atomic E-state index is 12.4. The number of aromatic nitrogens is 1. The molecule has 0 saturated carbocycles. The van der Waals surface area contributed by atoms with Crippen molar-refractivity contribution in [3.8, 4) is 11.1 Å². The van der Waals surface area contributed by atoms with E-state index in [0.29, 0.717) is 10.7 Å². The summed E-state index contributed by atoms with van der Waals surface area (Å²) in [4.78, 5) is 17.3. The molecule has 6 heteroatoms. The predicted molar refractivity (Wildman–Crippen MR) is 104 cm³/mol. The highest BCUT2D eigenvalue weighted by Crippen LogP contribution is 2.28. The van der Waals surface area contributed by atoms with Gasteiger partial charge >= 0.3 is 0 Å². The third kappa shape index (κ3) is 4.60. The minimum absolute atomic E-state index is 0.132. The molecule has 1 amide bonds. The number of nitrogens with zero attached hydrogens (tertiary/aromatic N) is 1. The first kappa shape index (κ1) is 17.5. The first-order chi connectivity index (χ1) is 12.2. The first-order valence-electron chi connectivity index (χ1n) is 7.61. The van der Waals surface area contributed by atoms with Crippen molar-refractivity contribution >= 4 is 35.1 Å². The average molecular weight is 370 g/mol. The highest BCUT2D eigenvalue weighted by Gasteiger charge is 2.09. The number of nitrogens with two attached hydrogens (primary N) is 1. The van der Waals surface area contributed by atoms with E-state index in [1.165, 1.54) is 0 Å². The molecule has 126 valence electrons. The molecular weight excluding hydrogens is 354 g/mol. The second-order valence-corrected chi connectivity index (χ2v) is 6.53. The molecule has 3 rings (SSSR count). The summed E-state index contributed by atoms with van der Waals surface area (Å²) in [6.45, 7) is 0. The fraction of sp³-hybridized carbons (Fsp3) is 0.0526. The molecule has 0 bridgehead atoms. The maximum atomic E-state index is 12.4. The summed E-state index contributed by atoms with van der Waals surface area (Å²) in [5.41, 5.74) is 3.46. The Balaban J connectivity index is 1.82. The number of benzene rings is 2. The van der Waals surface area contributed by atoms with Crippen LogP contribution in [0.2, 0.25) is 5.02 Å². The van der Waals surface area contributed by atoms with Gasteiger partial charge in [-0.15, -0.1) is 0 Å². The van der Waals surface area contributed by atoms with Crippen molar-refractivity contribution in [2.45, 2.75) is 11.3 Å². The lowest BCUT2D eigenvalue weighted by Gasteiger charge is -2.11. The van der Waals surface area contributed by atoms with Gasteiger partial charge in [0, 0.05) is 28.0 Å². The Morgan fingerprint density at radius 2 is 1.84 bits per heavy atom. The molecule has 25 heavy (non-hydrogen) atoms. The Kier molecular flexibility index (Phi) is 5.71. The Bertz CT molecular complexity index is 887. The molecule has 3 N–H and O–H groups in total. The Morgan fingerprint density at radius 3 is 2.56 bits per heavy atom. The normalized spacial score (nSPS) is 10.5. The largest absolute Gasteiger partial charge is 0.326 e. The van der Waals surface area contributed by atoms with Gasteiger partial charge in [0.1, 0.15) is 0 Å². The molecule has 0 radical (unpaired) electrons. The van der Waals surface area contributed by atoms with Gasteiger partial charge in [-0.2, -0.15) is 0 Å². The van der Waals surface area contributed by atoms with Gasteiger partial charge in [-0.25, -0.2) is 0 Å². The van der Waals surface area contributed by atoms with Crippen LogP contribution in [0.4, 0.5) is 5.69 Å². The number of anilines is 1. The van der Waals surface area contributed by atoms with Crippen LogP contribution in [0.1, 0.15) is 5.56 Å². The SMILES string of the molecule is NSc1cc(NC(=O)Cc2ccccc2Cl)cc(-c2ccncc2)c1. The maximum Gasteiger partial charge on any atom is 0.228 e. The Morgan fingerprint density at radius 1 is 1.08 bits per heavy atom. The molecule has 0 unspecified atom stereocenters. The summed E-state index contributed by atoms with van der Waals surface area (Å²) in [6, 6.07) is 16.9. The number of hydrogen-bond donors (Lipinski definition) is 2. The second-order valence-electron chi connectivity index (χ2n) is 5.42. The number of nitrogens with one attached hydrogen (secondary N) is 1. The van der Waals surface area contributed by atoms with Crippen LogP contribution in [0.5, 0.6) is 0 Å². The van der Waals surface area contributed by atoms with E-state index in [-0.39, 0.29) is 12.3 Å². The summed E-state index contributed by atoms with van der Waals surface area (Å²) in [6.07, 6.45) is 3.67. The van der Waals surface area contributed by atoms with Gasteiger partial charge in [0.15, 0.2) is 0 Å². The van der Waals surface area contributed by atoms with Crippen LogP contribution in [0.15, 0.2) is 71.9 Å². The Hall–Kier alpha value is -2.34. The standard InChI is InChI=1S/C19H16ClN3OS/c20-18-4-2-1-3-14(18)11-19(24)23-16-9-15(10-17(12-16)25-21)13-5-7-22-8-6-13/h1-10,12H,11,21H2,(H,23,24). The van der Waals surface area contributed by atoms with Crippen LogP contribution in [0.25, 0.3) is 11.1 Å². The van der Waals surface area contributed by atoms with E-state index in [1.807, 2.05) is 48.5 Å². The number of carbonyl (C=O) groups is 1. The van der Waals surface area contributed by atoms with Crippen molar-refractivity contribution in [2.24, 2.45) is 5.14 Å². The van der Waals surface area contributed by atoms with Crippen molar-refractivity contribution in [1.29, 1.82) is 0 Å². The number of amides is 1. The molecule has 1 heterocycles. The fourth-order valence-corrected chi connectivity index (χ4v) is 3.06. The second kappa shape index (κ2) is 8.16. The fourth-order valence-electron chi connectivity index (χ4n) is 2.47. The number of carbonyl (C=O) groups excluding carboxylic acids is 1. The van der Waals surface area contributed by atoms with E-state index in [0.717, 1.165) is 33.5 Å². The van der Waals surface area contributed by atoms with Gasteiger partial charge in [0.05, 0.1) is 6.42 Å². The van der Waals surface area contributed by atoms with Gasteiger partial charge in [-0.3, -0.25) is 14.9 Å². The van der Waals surface area contributed by atoms with E-state index in [2.05, 4.69) is 10.3 Å². The number of hydrogen-bond acceptors (Lipinski definition) is 4. The van der Waals surface area contributed by atoms with E-state index >= 15 is 0 Å². The first-order valence-corrected chi connectivity index (χ1v) is 8.87. The number of rotatable bonds is 5. The molecule has 0 aliphatic carbocycles. The van der Waals surface area contributed by atoms with Crippen LogP contribution in [0.3, 0.4) is 0 Å².